The minimum Gasteiger partial charge on any atom is -0.474 e. The Morgan fingerprint density at radius 3 is 2.39 bits per heavy atom. The van der Waals surface area contributed by atoms with Gasteiger partial charge in [-0.15, -0.1) is 0 Å². The third-order valence-corrected chi connectivity index (χ3v) is 10.7. The minimum atomic E-state index is -1.84. The van der Waals surface area contributed by atoms with Crippen LogP contribution in [0.15, 0.2) is 47.1 Å². The normalized spacial score (nSPS) is 13.1. The molecule has 2 aromatic rings. The van der Waals surface area contributed by atoms with Gasteiger partial charge < -0.3 is 14.5 Å². The van der Waals surface area contributed by atoms with Gasteiger partial charge in [-0.25, -0.2) is 0 Å². The highest BCUT2D eigenvalue weighted by atomic mass is 28.3. The van der Waals surface area contributed by atoms with Crippen LogP contribution in [0.3, 0.4) is 0 Å². The van der Waals surface area contributed by atoms with Crippen LogP contribution in [0.4, 0.5) is 0 Å². The zero-order chi connectivity index (χ0) is 20.9. The summed E-state index contributed by atoms with van der Waals surface area (Å²) < 4.78 is 11.3. The molecule has 28 heavy (non-hydrogen) atoms. The van der Waals surface area contributed by atoms with Crippen molar-refractivity contribution in [2.45, 2.75) is 58.4 Å². The van der Waals surface area contributed by atoms with Crippen LogP contribution < -0.4 is 10.7 Å². The number of nitrogens with one attached hydrogen (secondary N) is 1. The lowest BCUT2D eigenvalue weighted by Crippen LogP contribution is -2.48. The maximum absolute atomic E-state index is 12.3. The van der Waals surface area contributed by atoms with E-state index >= 15 is 0 Å². The predicted octanol–water partition coefficient (Wildman–Crippen LogP) is 3.96. The highest BCUT2D eigenvalue weighted by Gasteiger charge is 2.40. The van der Waals surface area contributed by atoms with Crippen molar-refractivity contribution >= 4 is 25.3 Å². The standard InChI is InChI=1S/C22H31NO4Si/c1-16(24)27-19(14-23-20(25)12-17-10-8-7-9-11-17)18-13-21(26-15-18)28(5,6)22(2,3)4/h7-11,13,15,19H,12,14H2,1-6H3,(H,23,25). The molecule has 1 amide bonds. The number of carbonyl (C=O) groups is 2. The second-order valence-corrected chi connectivity index (χ2v) is 13.9. The Labute approximate surface area is 168 Å². The summed E-state index contributed by atoms with van der Waals surface area (Å²) in [5, 5.41) is 3.96. The molecule has 0 aliphatic rings. The molecule has 0 aliphatic carbocycles. The summed E-state index contributed by atoms with van der Waals surface area (Å²) in [7, 11) is -1.84. The van der Waals surface area contributed by atoms with Crippen molar-refractivity contribution in [1.82, 2.24) is 5.32 Å². The second-order valence-electron chi connectivity index (χ2n) is 8.68. The van der Waals surface area contributed by atoms with E-state index in [1.54, 1.807) is 6.26 Å². The van der Waals surface area contributed by atoms with Gasteiger partial charge >= 0.3 is 5.97 Å². The van der Waals surface area contributed by atoms with Crippen LogP contribution >= 0.6 is 0 Å². The molecule has 1 aromatic carbocycles. The highest BCUT2D eigenvalue weighted by molar-refractivity contribution is 6.91. The van der Waals surface area contributed by atoms with Gasteiger partial charge in [0.25, 0.3) is 0 Å². The number of hydrogen-bond acceptors (Lipinski definition) is 4. The van der Waals surface area contributed by atoms with Gasteiger partial charge in [0.15, 0.2) is 0 Å². The number of hydrogen-bond donors (Lipinski definition) is 1. The van der Waals surface area contributed by atoms with E-state index in [-0.39, 0.29) is 23.9 Å². The van der Waals surface area contributed by atoms with Gasteiger partial charge in [-0.1, -0.05) is 64.2 Å². The molecule has 152 valence electrons. The highest BCUT2D eigenvalue weighted by Crippen LogP contribution is 2.36. The average molecular weight is 402 g/mol. The molecule has 5 nitrogen and oxygen atoms in total. The van der Waals surface area contributed by atoms with Crippen LogP contribution in [0.2, 0.25) is 18.1 Å². The van der Waals surface area contributed by atoms with Crippen LogP contribution in [0.25, 0.3) is 0 Å². The lowest BCUT2D eigenvalue weighted by Gasteiger charge is -2.34. The van der Waals surface area contributed by atoms with Gasteiger partial charge in [0.1, 0.15) is 14.2 Å². The van der Waals surface area contributed by atoms with Crippen molar-refractivity contribution in [3.8, 4) is 0 Å². The summed E-state index contributed by atoms with van der Waals surface area (Å²) in [5.74, 6) is -0.506. The first-order valence-electron chi connectivity index (χ1n) is 9.57. The number of esters is 1. The molecule has 1 atom stereocenters. The fourth-order valence-corrected chi connectivity index (χ4v) is 4.32. The first-order chi connectivity index (χ1) is 13.0. The van der Waals surface area contributed by atoms with E-state index in [0.29, 0.717) is 0 Å². The Morgan fingerprint density at radius 1 is 1.18 bits per heavy atom. The summed E-state index contributed by atoms with van der Waals surface area (Å²) in [6.07, 6.45) is 1.36. The van der Waals surface area contributed by atoms with Gasteiger partial charge in [-0.3, -0.25) is 9.59 Å². The van der Waals surface area contributed by atoms with E-state index in [9.17, 15) is 9.59 Å². The summed E-state index contributed by atoms with van der Waals surface area (Å²) >= 11 is 0. The van der Waals surface area contributed by atoms with Gasteiger partial charge in [0, 0.05) is 12.5 Å². The molecular weight excluding hydrogens is 370 g/mol. The van der Waals surface area contributed by atoms with E-state index in [0.717, 1.165) is 16.5 Å². The first-order valence-corrected chi connectivity index (χ1v) is 12.6. The molecule has 0 radical (unpaired) electrons. The third-order valence-electron chi connectivity index (χ3n) is 5.48. The first kappa shape index (κ1) is 22.0. The van der Waals surface area contributed by atoms with E-state index in [2.05, 4.69) is 39.2 Å². The molecule has 0 saturated heterocycles. The van der Waals surface area contributed by atoms with E-state index in [4.69, 9.17) is 9.15 Å². The summed E-state index contributed by atoms with van der Waals surface area (Å²) in [6.45, 7) is 12.8. The Hall–Kier alpha value is -2.34. The fourth-order valence-electron chi connectivity index (χ4n) is 2.70. The van der Waals surface area contributed by atoms with Crippen LogP contribution in [0, 0.1) is 0 Å². The number of amides is 1. The third kappa shape index (κ3) is 5.58. The molecule has 0 bridgehead atoms. The average Bonchev–Trinajstić information content (AvgIpc) is 3.09. The van der Waals surface area contributed by atoms with Gasteiger partial charge in [-0.2, -0.15) is 0 Å². The van der Waals surface area contributed by atoms with Crippen molar-refractivity contribution in [1.29, 1.82) is 0 Å². The number of ether oxygens (including phenoxy) is 1. The molecule has 1 unspecified atom stereocenters. The van der Waals surface area contributed by atoms with E-state index < -0.39 is 20.1 Å². The number of carbonyl (C=O) groups excluding carboxylic acids is 2. The van der Waals surface area contributed by atoms with Crippen LogP contribution in [-0.2, 0) is 20.7 Å². The van der Waals surface area contributed by atoms with Crippen molar-refractivity contribution < 1.29 is 18.7 Å². The van der Waals surface area contributed by atoms with Crippen molar-refractivity contribution in [3.63, 3.8) is 0 Å². The monoisotopic (exact) mass is 401 g/mol. The Morgan fingerprint density at radius 2 is 1.82 bits per heavy atom. The number of benzene rings is 1. The van der Waals surface area contributed by atoms with E-state index in [1.165, 1.54) is 6.92 Å². The summed E-state index contributed by atoms with van der Waals surface area (Å²) in [4.78, 5) is 23.8. The molecule has 1 aromatic heterocycles. The molecular formula is C22H31NO4Si. The van der Waals surface area contributed by atoms with Gasteiger partial charge in [-0.05, 0) is 16.7 Å². The van der Waals surface area contributed by atoms with Crippen LogP contribution in [-0.4, -0.2) is 26.5 Å². The van der Waals surface area contributed by atoms with Crippen molar-refractivity contribution in [3.05, 3.63) is 53.8 Å². The smallest absolute Gasteiger partial charge is 0.303 e. The molecule has 0 spiro atoms. The Kier molecular flexibility index (Phi) is 6.88. The zero-order valence-electron chi connectivity index (χ0n) is 17.7. The predicted molar refractivity (Wildman–Crippen MR) is 113 cm³/mol. The largest absolute Gasteiger partial charge is 0.474 e. The second kappa shape index (κ2) is 8.77. The van der Waals surface area contributed by atoms with Crippen LogP contribution in [0.5, 0.6) is 0 Å². The van der Waals surface area contributed by atoms with Gasteiger partial charge in [0.2, 0.25) is 5.91 Å². The molecule has 0 aliphatic heterocycles. The van der Waals surface area contributed by atoms with Crippen molar-refractivity contribution in [2.75, 3.05) is 6.54 Å². The zero-order valence-corrected chi connectivity index (χ0v) is 18.7. The SMILES string of the molecule is CC(=O)OC(CNC(=O)Cc1ccccc1)c1coc([Si](C)(C)C(C)(C)C)c1. The Balaban J connectivity index is 2.10. The lowest BCUT2D eigenvalue weighted by atomic mass is 10.1. The molecule has 0 saturated carbocycles. The number of furan rings is 1. The molecule has 6 heteroatoms. The minimum absolute atomic E-state index is 0.114. The molecule has 1 N–H and O–H groups in total. The maximum Gasteiger partial charge on any atom is 0.303 e. The maximum atomic E-state index is 12.3. The fraction of sp³-hybridized carbons (Fsp3) is 0.455. The molecule has 1 heterocycles. The molecule has 0 fully saturated rings. The number of rotatable bonds is 7. The summed E-state index contributed by atoms with van der Waals surface area (Å²) in [5.41, 5.74) is 1.71. The van der Waals surface area contributed by atoms with Gasteiger partial charge in [0.05, 0.1) is 24.6 Å². The quantitative estimate of drug-likeness (QED) is 0.563. The molecule has 2 rings (SSSR count). The van der Waals surface area contributed by atoms with Crippen LogP contribution in [0.1, 0.15) is 44.9 Å². The summed E-state index contributed by atoms with van der Waals surface area (Å²) in [6, 6.07) is 11.5. The lowest BCUT2D eigenvalue weighted by molar-refractivity contribution is -0.147. The van der Waals surface area contributed by atoms with Crippen molar-refractivity contribution in [2.24, 2.45) is 0 Å². The Bertz CT molecular complexity index is 805. The van der Waals surface area contributed by atoms with E-state index in [1.807, 2.05) is 36.4 Å². The topological polar surface area (TPSA) is 68.5 Å².